The van der Waals surface area contributed by atoms with Gasteiger partial charge in [0.15, 0.2) is 0 Å². The SMILES string of the molecule is CC/C(C)=C\C=C(/C)C(=O)N(N)c1ccccc1. The van der Waals surface area contributed by atoms with Crippen LogP contribution in [-0.4, -0.2) is 5.91 Å². The average Bonchev–Trinajstić information content (AvgIpc) is 2.43. The predicted molar refractivity (Wildman–Crippen MR) is 75.9 cm³/mol. The molecule has 0 aliphatic heterocycles. The zero-order valence-electron chi connectivity index (χ0n) is 11.2. The van der Waals surface area contributed by atoms with Crippen LogP contribution in [0.3, 0.4) is 0 Å². The minimum atomic E-state index is -0.193. The summed E-state index contributed by atoms with van der Waals surface area (Å²) in [5.74, 6) is 5.61. The van der Waals surface area contributed by atoms with Gasteiger partial charge in [-0.15, -0.1) is 0 Å². The van der Waals surface area contributed by atoms with Gasteiger partial charge in [0.05, 0.1) is 5.69 Å². The maximum Gasteiger partial charge on any atom is 0.268 e. The molecule has 0 aromatic heterocycles. The second-order valence-corrected chi connectivity index (χ2v) is 4.23. The highest BCUT2D eigenvalue weighted by Crippen LogP contribution is 2.12. The molecule has 0 atom stereocenters. The molecule has 0 fully saturated rings. The Morgan fingerprint density at radius 2 is 1.83 bits per heavy atom. The summed E-state index contributed by atoms with van der Waals surface area (Å²) in [6, 6.07) is 9.19. The molecule has 0 heterocycles. The van der Waals surface area contributed by atoms with Crippen molar-refractivity contribution >= 4 is 11.6 Å². The molecule has 1 aromatic rings. The lowest BCUT2D eigenvalue weighted by molar-refractivity contribution is -0.115. The second-order valence-electron chi connectivity index (χ2n) is 4.23. The fraction of sp³-hybridized carbons (Fsp3) is 0.267. The van der Waals surface area contributed by atoms with Gasteiger partial charge in [0.2, 0.25) is 0 Å². The molecule has 0 unspecified atom stereocenters. The summed E-state index contributed by atoms with van der Waals surface area (Å²) >= 11 is 0. The van der Waals surface area contributed by atoms with Gasteiger partial charge in [0.25, 0.3) is 5.91 Å². The minimum absolute atomic E-state index is 0.193. The van der Waals surface area contributed by atoms with Crippen LogP contribution in [0.2, 0.25) is 0 Å². The third-order valence-electron chi connectivity index (χ3n) is 2.77. The van der Waals surface area contributed by atoms with E-state index in [-0.39, 0.29) is 5.91 Å². The van der Waals surface area contributed by atoms with Gasteiger partial charge < -0.3 is 0 Å². The highest BCUT2D eigenvalue weighted by Gasteiger charge is 2.12. The molecule has 0 saturated heterocycles. The molecule has 96 valence electrons. The van der Waals surface area contributed by atoms with Crippen molar-refractivity contribution in [3.63, 3.8) is 0 Å². The largest absolute Gasteiger partial charge is 0.268 e. The smallest absolute Gasteiger partial charge is 0.268 e. The number of nitrogens with two attached hydrogens (primary N) is 1. The Morgan fingerprint density at radius 1 is 1.22 bits per heavy atom. The Labute approximate surface area is 109 Å². The van der Waals surface area contributed by atoms with Crippen molar-refractivity contribution in [3.05, 3.63) is 53.6 Å². The first kappa shape index (κ1) is 14.2. The van der Waals surface area contributed by atoms with E-state index in [9.17, 15) is 4.79 Å². The quantitative estimate of drug-likeness (QED) is 0.291. The maximum absolute atomic E-state index is 12.0. The second kappa shape index (κ2) is 6.77. The Kier molecular flexibility index (Phi) is 5.33. The zero-order chi connectivity index (χ0) is 13.5. The first-order valence-electron chi connectivity index (χ1n) is 6.04. The van der Waals surface area contributed by atoms with Crippen LogP contribution < -0.4 is 10.9 Å². The van der Waals surface area contributed by atoms with E-state index < -0.39 is 0 Å². The molecule has 0 bridgehead atoms. The van der Waals surface area contributed by atoms with Crippen LogP contribution in [0.4, 0.5) is 5.69 Å². The molecule has 18 heavy (non-hydrogen) atoms. The number of amides is 1. The Bertz CT molecular complexity index is 461. The number of para-hydroxylation sites is 1. The fourth-order valence-corrected chi connectivity index (χ4v) is 1.35. The summed E-state index contributed by atoms with van der Waals surface area (Å²) in [5, 5.41) is 1.17. The number of hydrazine groups is 1. The van der Waals surface area contributed by atoms with Gasteiger partial charge in [0, 0.05) is 5.57 Å². The lowest BCUT2D eigenvalue weighted by Crippen LogP contribution is -2.37. The van der Waals surface area contributed by atoms with Gasteiger partial charge >= 0.3 is 0 Å². The van der Waals surface area contributed by atoms with E-state index in [2.05, 4.69) is 6.92 Å². The summed E-state index contributed by atoms with van der Waals surface area (Å²) in [6.07, 6.45) is 4.74. The molecule has 3 heteroatoms. The molecule has 1 rings (SSSR count). The van der Waals surface area contributed by atoms with Crippen LogP contribution in [0.15, 0.2) is 53.6 Å². The van der Waals surface area contributed by atoms with E-state index >= 15 is 0 Å². The van der Waals surface area contributed by atoms with Crippen LogP contribution in [0.25, 0.3) is 0 Å². The van der Waals surface area contributed by atoms with Crippen molar-refractivity contribution in [1.82, 2.24) is 0 Å². The molecular weight excluding hydrogens is 224 g/mol. The van der Waals surface area contributed by atoms with Crippen LogP contribution >= 0.6 is 0 Å². The van der Waals surface area contributed by atoms with E-state index in [1.54, 1.807) is 19.1 Å². The molecule has 1 aromatic carbocycles. The van der Waals surface area contributed by atoms with Gasteiger partial charge in [-0.2, -0.15) is 0 Å². The normalized spacial score (nSPS) is 12.4. The third-order valence-corrected chi connectivity index (χ3v) is 2.77. The number of carbonyl (C=O) groups is 1. The molecule has 0 saturated carbocycles. The monoisotopic (exact) mass is 244 g/mol. The van der Waals surface area contributed by atoms with Crippen LogP contribution in [0.5, 0.6) is 0 Å². The predicted octanol–water partition coefficient (Wildman–Crippen LogP) is 3.20. The molecule has 2 N–H and O–H groups in total. The first-order valence-corrected chi connectivity index (χ1v) is 6.04. The maximum atomic E-state index is 12.0. The van der Waals surface area contributed by atoms with Crippen LogP contribution in [0.1, 0.15) is 27.2 Å². The van der Waals surface area contributed by atoms with Crippen LogP contribution in [0, 0.1) is 0 Å². The topological polar surface area (TPSA) is 46.3 Å². The molecule has 3 nitrogen and oxygen atoms in total. The van der Waals surface area contributed by atoms with E-state index in [4.69, 9.17) is 5.84 Å². The standard InChI is InChI=1S/C15H20N2O/c1-4-12(2)10-11-13(3)15(18)17(16)14-8-6-5-7-9-14/h5-11H,4,16H2,1-3H3/b12-10-,13-11+. The first-order chi connectivity index (χ1) is 8.56. The summed E-state index contributed by atoms with van der Waals surface area (Å²) in [4.78, 5) is 12.0. The Balaban J connectivity index is 2.82. The third kappa shape index (κ3) is 3.86. The molecular formula is C15H20N2O. The number of hydrogen-bond donors (Lipinski definition) is 1. The molecule has 1 amide bonds. The van der Waals surface area contributed by atoms with Crippen molar-refractivity contribution in [3.8, 4) is 0 Å². The van der Waals surface area contributed by atoms with Crippen LogP contribution in [-0.2, 0) is 4.79 Å². The number of anilines is 1. The van der Waals surface area contributed by atoms with Crippen molar-refractivity contribution in [2.24, 2.45) is 5.84 Å². The van der Waals surface area contributed by atoms with Gasteiger partial charge in [0.1, 0.15) is 0 Å². The van der Waals surface area contributed by atoms with Crippen molar-refractivity contribution in [2.75, 3.05) is 5.01 Å². The van der Waals surface area contributed by atoms with E-state index in [0.29, 0.717) is 11.3 Å². The summed E-state index contributed by atoms with van der Waals surface area (Å²) in [6.45, 7) is 5.88. The van der Waals surface area contributed by atoms with Gasteiger partial charge in [-0.05, 0) is 32.4 Å². The minimum Gasteiger partial charge on any atom is -0.268 e. The lowest BCUT2D eigenvalue weighted by atomic mass is 10.1. The van der Waals surface area contributed by atoms with E-state index in [1.807, 2.05) is 37.3 Å². The average molecular weight is 244 g/mol. The number of carbonyl (C=O) groups excluding carboxylic acids is 1. The molecule has 0 aliphatic rings. The summed E-state index contributed by atoms with van der Waals surface area (Å²) in [5.41, 5.74) is 2.53. The fourth-order valence-electron chi connectivity index (χ4n) is 1.35. The number of allylic oxidation sites excluding steroid dienone is 3. The van der Waals surface area contributed by atoms with E-state index in [1.165, 1.54) is 10.6 Å². The highest BCUT2D eigenvalue weighted by atomic mass is 16.2. The van der Waals surface area contributed by atoms with Gasteiger partial charge in [-0.1, -0.05) is 42.8 Å². The molecule has 0 spiro atoms. The molecule has 0 radical (unpaired) electrons. The van der Waals surface area contributed by atoms with Gasteiger partial charge in [-0.25, -0.2) is 10.9 Å². The number of nitrogens with zero attached hydrogens (tertiary/aromatic N) is 1. The van der Waals surface area contributed by atoms with Crippen molar-refractivity contribution in [2.45, 2.75) is 27.2 Å². The van der Waals surface area contributed by atoms with E-state index in [0.717, 1.165) is 6.42 Å². The summed E-state index contributed by atoms with van der Waals surface area (Å²) < 4.78 is 0. The lowest BCUT2D eigenvalue weighted by Gasteiger charge is -2.16. The van der Waals surface area contributed by atoms with Crippen molar-refractivity contribution < 1.29 is 4.79 Å². The zero-order valence-corrected chi connectivity index (χ0v) is 11.2. The number of rotatable bonds is 4. The van der Waals surface area contributed by atoms with Gasteiger partial charge in [-0.3, -0.25) is 4.79 Å². The Morgan fingerprint density at radius 3 is 2.39 bits per heavy atom. The summed E-state index contributed by atoms with van der Waals surface area (Å²) in [7, 11) is 0. The highest BCUT2D eigenvalue weighted by molar-refractivity contribution is 6.04. The number of benzene rings is 1. The molecule has 0 aliphatic carbocycles. The number of hydrogen-bond acceptors (Lipinski definition) is 2. The van der Waals surface area contributed by atoms with Crippen molar-refractivity contribution in [1.29, 1.82) is 0 Å². The Hall–Kier alpha value is -1.87.